The lowest BCUT2D eigenvalue weighted by Crippen LogP contribution is -2.36. The van der Waals surface area contributed by atoms with Crippen LogP contribution in [0, 0.1) is 0 Å². The molecule has 0 aliphatic carbocycles. The molecule has 1 fully saturated rings. The van der Waals surface area contributed by atoms with E-state index in [0.29, 0.717) is 19.4 Å². The molecule has 1 aliphatic heterocycles. The number of amides is 2. The highest BCUT2D eigenvalue weighted by molar-refractivity contribution is 5.82. The van der Waals surface area contributed by atoms with Gasteiger partial charge in [0, 0.05) is 26.4 Å². The number of carbonyl (C=O) groups is 2. The molecule has 1 heterocycles. The predicted molar refractivity (Wildman–Crippen MR) is 68.9 cm³/mol. The number of hydrogen-bond donors (Lipinski definition) is 1. The first-order valence-electron chi connectivity index (χ1n) is 6.22. The number of nitrogens with one attached hydrogen (secondary N) is 1. The van der Waals surface area contributed by atoms with E-state index in [9.17, 15) is 9.59 Å². The number of hydrogen-bond acceptors (Lipinski definition) is 2. The number of likely N-dealkylation sites (tertiary alicyclic amines) is 1. The van der Waals surface area contributed by atoms with E-state index in [4.69, 9.17) is 0 Å². The Labute approximate surface area is 107 Å². The lowest BCUT2D eigenvalue weighted by atomic mass is 10.1. The van der Waals surface area contributed by atoms with Crippen molar-refractivity contribution >= 4 is 11.8 Å². The molecule has 0 spiro atoms. The van der Waals surface area contributed by atoms with Crippen LogP contribution < -0.4 is 5.32 Å². The van der Waals surface area contributed by atoms with Gasteiger partial charge in [-0.15, -0.1) is 0 Å². The van der Waals surface area contributed by atoms with Gasteiger partial charge in [-0.2, -0.15) is 0 Å². The van der Waals surface area contributed by atoms with E-state index in [1.807, 2.05) is 30.3 Å². The average Bonchev–Trinajstić information content (AvgIpc) is 2.67. The van der Waals surface area contributed by atoms with E-state index in [2.05, 4.69) is 5.32 Å². The number of likely N-dealkylation sites (N-methyl/N-ethyl adjacent to an activating group) is 1. The number of nitrogens with zero attached hydrogens (tertiary/aromatic N) is 1. The van der Waals surface area contributed by atoms with E-state index in [0.717, 1.165) is 12.0 Å². The Morgan fingerprint density at radius 1 is 1.39 bits per heavy atom. The molecule has 0 saturated carbocycles. The molecule has 1 aromatic carbocycles. The van der Waals surface area contributed by atoms with Crippen molar-refractivity contribution in [3.63, 3.8) is 0 Å². The standard InChI is InChI=1S/C14H18N2O2/c1-16-10-12(9-14(16)18)15-13(17)8-7-11-5-3-2-4-6-11/h2-6,12H,7-10H2,1H3,(H,15,17). The molecule has 2 rings (SSSR count). The maximum atomic E-state index is 11.7. The first-order valence-corrected chi connectivity index (χ1v) is 6.22. The summed E-state index contributed by atoms with van der Waals surface area (Å²) in [5.41, 5.74) is 1.16. The third-order valence-corrected chi connectivity index (χ3v) is 3.19. The van der Waals surface area contributed by atoms with Crippen molar-refractivity contribution in [3.8, 4) is 0 Å². The molecule has 0 aromatic heterocycles. The summed E-state index contributed by atoms with van der Waals surface area (Å²) in [5.74, 6) is 0.121. The quantitative estimate of drug-likeness (QED) is 0.860. The zero-order valence-corrected chi connectivity index (χ0v) is 10.6. The molecule has 1 saturated heterocycles. The highest BCUT2D eigenvalue weighted by Gasteiger charge is 2.27. The Bertz CT molecular complexity index is 431. The Balaban J connectivity index is 1.75. The number of benzene rings is 1. The normalized spacial score (nSPS) is 19.1. The van der Waals surface area contributed by atoms with Gasteiger partial charge in [0.15, 0.2) is 0 Å². The highest BCUT2D eigenvalue weighted by atomic mass is 16.2. The second-order valence-electron chi connectivity index (χ2n) is 4.73. The Morgan fingerprint density at radius 2 is 2.11 bits per heavy atom. The summed E-state index contributed by atoms with van der Waals surface area (Å²) in [6.07, 6.45) is 1.63. The van der Waals surface area contributed by atoms with Crippen LogP contribution in [0.2, 0.25) is 0 Å². The van der Waals surface area contributed by atoms with Gasteiger partial charge in [-0.05, 0) is 12.0 Å². The van der Waals surface area contributed by atoms with Crippen molar-refractivity contribution in [2.45, 2.75) is 25.3 Å². The molecule has 1 aliphatic rings. The Kier molecular flexibility index (Phi) is 3.97. The molecule has 18 heavy (non-hydrogen) atoms. The second kappa shape index (κ2) is 5.67. The second-order valence-corrected chi connectivity index (χ2v) is 4.73. The third-order valence-electron chi connectivity index (χ3n) is 3.19. The minimum atomic E-state index is -0.0224. The SMILES string of the molecule is CN1CC(NC(=O)CCc2ccccc2)CC1=O. The summed E-state index contributed by atoms with van der Waals surface area (Å²) in [6.45, 7) is 0.621. The fourth-order valence-corrected chi connectivity index (χ4v) is 2.16. The third kappa shape index (κ3) is 3.32. The molecular formula is C14H18N2O2. The number of rotatable bonds is 4. The zero-order chi connectivity index (χ0) is 13.0. The smallest absolute Gasteiger partial charge is 0.224 e. The van der Waals surface area contributed by atoms with Gasteiger partial charge in [0.25, 0.3) is 0 Å². The molecule has 4 nitrogen and oxygen atoms in total. The summed E-state index contributed by atoms with van der Waals surface area (Å²) < 4.78 is 0. The molecule has 2 amide bonds. The molecule has 4 heteroatoms. The largest absolute Gasteiger partial charge is 0.351 e. The monoisotopic (exact) mass is 246 g/mol. The highest BCUT2D eigenvalue weighted by Crippen LogP contribution is 2.09. The van der Waals surface area contributed by atoms with Crippen molar-refractivity contribution < 1.29 is 9.59 Å². The maximum absolute atomic E-state index is 11.7. The van der Waals surface area contributed by atoms with Crippen molar-refractivity contribution in [2.24, 2.45) is 0 Å². The summed E-state index contributed by atoms with van der Waals surface area (Å²) in [6, 6.07) is 9.91. The maximum Gasteiger partial charge on any atom is 0.224 e. The van der Waals surface area contributed by atoms with Crippen LogP contribution in [0.15, 0.2) is 30.3 Å². The molecule has 0 radical (unpaired) electrons. The van der Waals surface area contributed by atoms with Gasteiger partial charge >= 0.3 is 0 Å². The molecule has 1 N–H and O–H groups in total. The first kappa shape index (κ1) is 12.6. The summed E-state index contributed by atoms with van der Waals surface area (Å²) in [5, 5.41) is 2.91. The minimum absolute atomic E-state index is 0.0203. The van der Waals surface area contributed by atoms with Gasteiger partial charge in [0.2, 0.25) is 11.8 Å². The van der Waals surface area contributed by atoms with Crippen LogP contribution in [0.25, 0.3) is 0 Å². The van der Waals surface area contributed by atoms with Gasteiger partial charge in [-0.3, -0.25) is 9.59 Å². The molecule has 1 atom stereocenters. The number of carbonyl (C=O) groups excluding carboxylic acids is 2. The van der Waals surface area contributed by atoms with Gasteiger partial charge in [0.1, 0.15) is 0 Å². The topological polar surface area (TPSA) is 49.4 Å². The molecular weight excluding hydrogens is 228 g/mol. The van der Waals surface area contributed by atoms with Crippen LogP contribution in [0.1, 0.15) is 18.4 Å². The fraction of sp³-hybridized carbons (Fsp3) is 0.429. The minimum Gasteiger partial charge on any atom is -0.351 e. The number of aryl methyl sites for hydroxylation is 1. The van der Waals surface area contributed by atoms with Crippen molar-refractivity contribution in [1.82, 2.24) is 10.2 Å². The average molecular weight is 246 g/mol. The van der Waals surface area contributed by atoms with Crippen molar-refractivity contribution in [1.29, 1.82) is 0 Å². The van der Waals surface area contributed by atoms with E-state index < -0.39 is 0 Å². The van der Waals surface area contributed by atoms with Crippen LogP contribution >= 0.6 is 0 Å². The lowest BCUT2D eigenvalue weighted by Gasteiger charge is -2.12. The zero-order valence-electron chi connectivity index (χ0n) is 10.6. The van der Waals surface area contributed by atoms with Gasteiger partial charge < -0.3 is 10.2 Å². The van der Waals surface area contributed by atoms with Crippen molar-refractivity contribution in [2.75, 3.05) is 13.6 Å². The van der Waals surface area contributed by atoms with E-state index in [1.165, 1.54) is 0 Å². The van der Waals surface area contributed by atoms with Crippen molar-refractivity contribution in [3.05, 3.63) is 35.9 Å². The van der Waals surface area contributed by atoms with Gasteiger partial charge in [-0.25, -0.2) is 0 Å². The van der Waals surface area contributed by atoms with Crippen LogP contribution in [0.5, 0.6) is 0 Å². The summed E-state index contributed by atoms with van der Waals surface area (Å²) >= 11 is 0. The molecule has 96 valence electrons. The van der Waals surface area contributed by atoms with Gasteiger partial charge in [-0.1, -0.05) is 30.3 Å². The Hall–Kier alpha value is -1.84. The fourth-order valence-electron chi connectivity index (χ4n) is 2.16. The van der Waals surface area contributed by atoms with Gasteiger partial charge in [0.05, 0.1) is 6.04 Å². The van der Waals surface area contributed by atoms with E-state index in [1.54, 1.807) is 11.9 Å². The predicted octanol–water partition coefficient (Wildman–Crippen LogP) is 0.966. The Morgan fingerprint density at radius 3 is 2.72 bits per heavy atom. The van der Waals surface area contributed by atoms with Crippen LogP contribution in [0.3, 0.4) is 0 Å². The summed E-state index contributed by atoms with van der Waals surface area (Å²) in [4.78, 5) is 24.7. The van der Waals surface area contributed by atoms with Crippen LogP contribution in [0.4, 0.5) is 0 Å². The molecule has 1 aromatic rings. The van der Waals surface area contributed by atoms with Crippen LogP contribution in [-0.2, 0) is 16.0 Å². The summed E-state index contributed by atoms with van der Waals surface area (Å²) in [7, 11) is 1.76. The lowest BCUT2D eigenvalue weighted by molar-refractivity contribution is -0.126. The first-order chi connectivity index (χ1) is 8.65. The van der Waals surface area contributed by atoms with E-state index in [-0.39, 0.29) is 17.9 Å². The van der Waals surface area contributed by atoms with E-state index >= 15 is 0 Å². The molecule has 1 unspecified atom stereocenters. The molecule has 0 bridgehead atoms. The van der Waals surface area contributed by atoms with Crippen LogP contribution in [-0.4, -0.2) is 36.3 Å².